The van der Waals surface area contributed by atoms with Gasteiger partial charge in [-0.25, -0.2) is 9.18 Å². The van der Waals surface area contributed by atoms with Gasteiger partial charge in [0.1, 0.15) is 16.4 Å². The average molecular weight is 309 g/mol. The second-order valence-corrected chi connectivity index (χ2v) is 5.10. The van der Waals surface area contributed by atoms with E-state index < -0.39 is 17.7 Å². The summed E-state index contributed by atoms with van der Waals surface area (Å²) in [7, 11) is 1.39. The van der Waals surface area contributed by atoms with Gasteiger partial charge in [0.25, 0.3) is 5.91 Å². The number of carboxylic acid groups (broad SMARTS) is 1. The van der Waals surface area contributed by atoms with Crippen molar-refractivity contribution in [2.75, 3.05) is 17.7 Å². The fraction of sp³-hybridized carbons (Fsp3) is 0.154. The van der Waals surface area contributed by atoms with Crippen LogP contribution in [-0.2, 0) is 0 Å². The van der Waals surface area contributed by atoms with Gasteiger partial charge >= 0.3 is 5.97 Å². The van der Waals surface area contributed by atoms with E-state index in [4.69, 9.17) is 5.73 Å². The molecule has 0 saturated carbocycles. The number of benzene rings is 1. The topological polar surface area (TPSA) is 96.5 Å². The van der Waals surface area contributed by atoms with Crippen molar-refractivity contribution in [3.63, 3.8) is 0 Å². The predicted molar refractivity (Wildman–Crippen MR) is 77.4 cm³/mol. The molecule has 2 rings (SSSR count). The fourth-order valence-corrected chi connectivity index (χ4v) is 2.67. The second kappa shape index (κ2) is 5.49. The van der Waals surface area contributed by atoms with Crippen LogP contribution in [-0.4, -0.2) is 28.4 Å². The third kappa shape index (κ3) is 2.70. The van der Waals surface area contributed by atoms with Crippen LogP contribution in [0.25, 0.3) is 0 Å². The van der Waals surface area contributed by atoms with Gasteiger partial charge in [0.05, 0.1) is 11.3 Å². The van der Waals surface area contributed by atoms with Crippen LogP contribution in [0.15, 0.2) is 18.2 Å². The number of hydrogen-bond donors (Lipinski definition) is 2. The normalized spacial score (nSPS) is 10.4. The van der Waals surface area contributed by atoms with Crippen LogP contribution in [0.1, 0.15) is 26.4 Å². The molecule has 8 heteroatoms. The van der Waals surface area contributed by atoms with Crippen molar-refractivity contribution in [3.05, 3.63) is 40.8 Å². The fourth-order valence-electron chi connectivity index (χ4n) is 1.82. The molecule has 3 N–H and O–H groups in total. The Morgan fingerprint density at radius 1 is 1.43 bits per heavy atom. The molecule has 2 aromatic rings. The van der Waals surface area contributed by atoms with Crippen molar-refractivity contribution in [1.82, 2.24) is 4.37 Å². The molecule has 6 nitrogen and oxygen atoms in total. The van der Waals surface area contributed by atoms with Gasteiger partial charge < -0.3 is 15.7 Å². The van der Waals surface area contributed by atoms with E-state index >= 15 is 0 Å². The summed E-state index contributed by atoms with van der Waals surface area (Å²) in [6.45, 7) is 1.54. The first-order valence-electron chi connectivity index (χ1n) is 5.85. The number of carbonyl (C=O) groups is 2. The van der Waals surface area contributed by atoms with Crippen LogP contribution in [0, 0.1) is 12.7 Å². The van der Waals surface area contributed by atoms with Crippen LogP contribution >= 0.6 is 11.5 Å². The Hall–Kier alpha value is -2.48. The predicted octanol–water partition coefficient (Wildman–Crippen LogP) is 2.15. The Labute approximate surface area is 123 Å². The van der Waals surface area contributed by atoms with Gasteiger partial charge in [-0.05, 0) is 36.7 Å². The van der Waals surface area contributed by atoms with Crippen LogP contribution in [0.3, 0.4) is 0 Å². The summed E-state index contributed by atoms with van der Waals surface area (Å²) < 4.78 is 17.2. The summed E-state index contributed by atoms with van der Waals surface area (Å²) in [4.78, 5) is 24.7. The van der Waals surface area contributed by atoms with E-state index in [1.165, 1.54) is 20.0 Å². The van der Waals surface area contributed by atoms with Gasteiger partial charge in [0.2, 0.25) is 0 Å². The number of carboxylic acids is 1. The van der Waals surface area contributed by atoms with Crippen LogP contribution in [0.4, 0.5) is 15.1 Å². The van der Waals surface area contributed by atoms with Gasteiger partial charge in [0, 0.05) is 12.7 Å². The van der Waals surface area contributed by atoms with Crippen LogP contribution in [0.2, 0.25) is 0 Å². The minimum Gasteiger partial charge on any atom is -0.478 e. The number of rotatable bonds is 3. The number of nitrogen functional groups attached to an aromatic ring is 1. The van der Waals surface area contributed by atoms with Crippen molar-refractivity contribution >= 4 is 34.1 Å². The smallest absolute Gasteiger partial charge is 0.340 e. The zero-order valence-electron chi connectivity index (χ0n) is 11.3. The molecule has 0 atom stereocenters. The molecule has 0 aliphatic carbocycles. The summed E-state index contributed by atoms with van der Waals surface area (Å²) >= 11 is 0.885. The lowest BCUT2D eigenvalue weighted by Gasteiger charge is -2.17. The van der Waals surface area contributed by atoms with Crippen molar-refractivity contribution in [2.45, 2.75) is 6.92 Å². The number of aromatic nitrogens is 1. The highest BCUT2D eigenvalue weighted by Gasteiger charge is 2.25. The van der Waals surface area contributed by atoms with E-state index in [1.54, 1.807) is 0 Å². The van der Waals surface area contributed by atoms with E-state index in [-0.39, 0.29) is 21.8 Å². The SMILES string of the molecule is Cc1nsc(N(C)C(=O)c2cc(F)ccc2N)c1C(=O)O. The maximum atomic E-state index is 13.3. The number of nitrogens with two attached hydrogens (primary N) is 1. The Bertz CT molecular complexity index is 729. The molecule has 1 aromatic carbocycles. The molecule has 0 aliphatic rings. The lowest BCUT2D eigenvalue weighted by Crippen LogP contribution is -2.27. The molecule has 1 amide bonds. The molecule has 0 saturated heterocycles. The molecule has 1 aromatic heterocycles. The van der Waals surface area contributed by atoms with Crippen molar-refractivity contribution in [1.29, 1.82) is 0 Å². The Balaban J connectivity index is 2.45. The highest BCUT2D eigenvalue weighted by atomic mass is 32.1. The lowest BCUT2D eigenvalue weighted by molar-refractivity contribution is 0.0697. The number of aryl methyl sites for hydroxylation is 1. The summed E-state index contributed by atoms with van der Waals surface area (Å²) in [6, 6.07) is 3.45. The molecule has 1 heterocycles. The molecule has 0 unspecified atom stereocenters. The molecule has 0 fully saturated rings. The first-order chi connectivity index (χ1) is 9.82. The van der Waals surface area contributed by atoms with Crippen LogP contribution in [0.5, 0.6) is 0 Å². The summed E-state index contributed by atoms with van der Waals surface area (Å²) in [5, 5.41) is 9.35. The summed E-state index contributed by atoms with van der Waals surface area (Å²) in [5.74, 6) is -2.37. The standard InChI is InChI=1S/C13H12FN3O3S/c1-6-10(13(19)20)12(21-16-6)17(2)11(18)8-5-7(14)3-4-9(8)15/h3-5H,15H2,1-2H3,(H,19,20). The maximum absolute atomic E-state index is 13.3. The number of nitrogens with zero attached hydrogens (tertiary/aromatic N) is 2. The molecular formula is C13H12FN3O3S. The molecular weight excluding hydrogens is 297 g/mol. The van der Waals surface area contributed by atoms with Gasteiger partial charge in [-0.1, -0.05) is 0 Å². The molecule has 0 spiro atoms. The first-order valence-corrected chi connectivity index (χ1v) is 6.63. The number of anilines is 2. The minimum absolute atomic E-state index is 0.0279. The summed E-state index contributed by atoms with van der Waals surface area (Å²) in [6.07, 6.45) is 0. The van der Waals surface area contributed by atoms with E-state index in [2.05, 4.69) is 4.37 Å². The first kappa shape index (κ1) is 14.9. The lowest BCUT2D eigenvalue weighted by atomic mass is 10.1. The largest absolute Gasteiger partial charge is 0.478 e. The van der Waals surface area contributed by atoms with Gasteiger partial charge in [-0.3, -0.25) is 4.79 Å². The minimum atomic E-state index is -1.18. The van der Waals surface area contributed by atoms with Crippen molar-refractivity contribution in [3.8, 4) is 0 Å². The number of carbonyl (C=O) groups excluding carboxylic acids is 1. The van der Waals surface area contributed by atoms with E-state index in [0.717, 1.165) is 28.6 Å². The monoisotopic (exact) mass is 309 g/mol. The number of aromatic carboxylic acids is 1. The third-order valence-electron chi connectivity index (χ3n) is 2.91. The second-order valence-electron chi connectivity index (χ2n) is 4.35. The maximum Gasteiger partial charge on any atom is 0.340 e. The van der Waals surface area contributed by atoms with Crippen molar-refractivity contribution < 1.29 is 19.1 Å². The van der Waals surface area contributed by atoms with E-state index in [0.29, 0.717) is 5.69 Å². The average Bonchev–Trinajstić information content (AvgIpc) is 2.81. The van der Waals surface area contributed by atoms with E-state index in [1.807, 2.05) is 0 Å². The Morgan fingerprint density at radius 2 is 2.10 bits per heavy atom. The van der Waals surface area contributed by atoms with Crippen LogP contribution < -0.4 is 10.6 Å². The number of amides is 1. The molecule has 21 heavy (non-hydrogen) atoms. The zero-order valence-corrected chi connectivity index (χ0v) is 12.1. The van der Waals surface area contributed by atoms with E-state index in [9.17, 15) is 19.1 Å². The summed E-state index contributed by atoms with van der Waals surface area (Å²) in [5.41, 5.74) is 6.02. The number of halogens is 1. The Morgan fingerprint density at radius 3 is 2.71 bits per heavy atom. The molecule has 0 bridgehead atoms. The molecule has 110 valence electrons. The van der Waals surface area contributed by atoms with Gasteiger partial charge in [0.15, 0.2) is 0 Å². The quantitative estimate of drug-likeness (QED) is 0.847. The molecule has 0 radical (unpaired) electrons. The van der Waals surface area contributed by atoms with Crippen molar-refractivity contribution in [2.24, 2.45) is 0 Å². The zero-order chi connectivity index (χ0) is 15.7. The third-order valence-corrected chi connectivity index (χ3v) is 3.93. The number of hydrogen-bond acceptors (Lipinski definition) is 5. The highest BCUT2D eigenvalue weighted by Crippen LogP contribution is 2.29. The van der Waals surface area contributed by atoms with Gasteiger partial charge in [-0.15, -0.1) is 0 Å². The molecule has 0 aliphatic heterocycles. The highest BCUT2D eigenvalue weighted by molar-refractivity contribution is 7.11. The Kier molecular flexibility index (Phi) is 3.90. The van der Waals surface area contributed by atoms with Gasteiger partial charge in [-0.2, -0.15) is 4.37 Å².